The van der Waals surface area contributed by atoms with E-state index in [2.05, 4.69) is 6.92 Å². The lowest BCUT2D eigenvalue weighted by molar-refractivity contribution is -0.131. The molecule has 0 aromatic heterocycles. The lowest BCUT2D eigenvalue weighted by atomic mass is 10.1. The summed E-state index contributed by atoms with van der Waals surface area (Å²) in [5.74, 6) is -0.686. The van der Waals surface area contributed by atoms with Crippen molar-refractivity contribution in [2.24, 2.45) is 0 Å². The van der Waals surface area contributed by atoms with Gasteiger partial charge in [-0.1, -0.05) is 51.2 Å². The summed E-state index contributed by atoms with van der Waals surface area (Å²) in [5, 5.41) is 8.41. The van der Waals surface area contributed by atoms with Crippen LogP contribution in [0.25, 0.3) is 0 Å². The van der Waals surface area contributed by atoms with Crippen LogP contribution < -0.4 is 0 Å². The van der Waals surface area contributed by atoms with Gasteiger partial charge in [0.2, 0.25) is 0 Å². The fraction of sp³-hybridized carbons (Fsp3) is 0.667. The summed E-state index contributed by atoms with van der Waals surface area (Å²) in [6.45, 7) is 2.21. The van der Waals surface area contributed by atoms with Crippen LogP contribution in [0.2, 0.25) is 0 Å². The highest BCUT2D eigenvalue weighted by atomic mass is 16.4. The van der Waals surface area contributed by atoms with E-state index in [1.807, 2.05) is 6.08 Å². The summed E-state index contributed by atoms with van der Waals surface area (Å²) in [5.41, 5.74) is 0. The Hall–Kier alpha value is -1.38. The van der Waals surface area contributed by atoms with Crippen LogP contribution in [0.5, 0.6) is 0 Å². The summed E-state index contributed by atoms with van der Waals surface area (Å²) in [4.78, 5) is 21.8. The molecular weight excluding hydrogens is 264 g/mol. The number of aliphatic carboxylic acids is 1. The van der Waals surface area contributed by atoms with E-state index in [4.69, 9.17) is 5.11 Å². The fourth-order valence-corrected chi connectivity index (χ4v) is 2.09. The second-order valence-electron chi connectivity index (χ2n) is 5.41. The van der Waals surface area contributed by atoms with Crippen molar-refractivity contribution in [3.05, 3.63) is 24.3 Å². The molecule has 0 aliphatic rings. The third-order valence-electron chi connectivity index (χ3n) is 3.33. The molecule has 0 aromatic rings. The predicted molar refractivity (Wildman–Crippen MR) is 87.4 cm³/mol. The zero-order valence-electron chi connectivity index (χ0n) is 13.4. The van der Waals surface area contributed by atoms with E-state index in [-0.39, 0.29) is 5.78 Å². The number of hydrogen-bond acceptors (Lipinski definition) is 2. The van der Waals surface area contributed by atoms with Crippen molar-refractivity contribution in [3.63, 3.8) is 0 Å². The van der Waals surface area contributed by atoms with E-state index < -0.39 is 5.97 Å². The molecule has 1 N–H and O–H groups in total. The molecule has 0 amide bonds. The number of carboxylic acids is 1. The number of ketones is 1. The van der Waals surface area contributed by atoms with Crippen molar-refractivity contribution >= 4 is 11.8 Å². The molecule has 3 heteroatoms. The van der Waals surface area contributed by atoms with Crippen LogP contribution in [0.1, 0.15) is 77.6 Å². The van der Waals surface area contributed by atoms with E-state index in [1.165, 1.54) is 38.2 Å². The third kappa shape index (κ3) is 16.6. The highest BCUT2D eigenvalue weighted by Crippen LogP contribution is 2.07. The summed E-state index contributed by atoms with van der Waals surface area (Å²) < 4.78 is 0. The Morgan fingerprint density at radius 3 is 2.00 bits per heavy atom. The molecule has 0 bridgehead atoms. The minimum atomic E-state index is -0.898. The molecule has 0 heterocycles. The first-order valence-corrected chi connectivity index (χ1v) is 8.25. The van der Waals surface area contributed by atoms with Gasteiger partial charge in [-0.25, -0.2) is 4.79 Å². The van der Waals surface area contributed by atoms with Crippen molar-refractivity contribution in [3.8, 4) is 0 Å². The molecule has 0 rings (SSSR count). The Balaban J connectivity index is 3.39. The van der Waals surface area contributed by atoms with Crippen molar-refractivity contribution in [1.29, 1.82) is 0 Å². The molecule has 0 aromatic carbocycles. The van der Waals surface area contributed by atoms with Gasteiger partial charge in [-0.3, -0.25) is 4.79 Å². The zero-order valence-corrected chi connectivity index (χ0v) is 13.4. The third-order valence-corrected chi connectivity index (χ3v) is 3.33. The average Bonchev–Trinajstić information content (AvgIpc) is 2.45. The molecular formula is C18H30O3. The minimum absolute atomic E-state index is 0.213. The van der Waals surface area contributed by atoms with Gasteiger partial charge in [0.25, 0.3) is 0 Å². The molecule has 0 unspecified atom stereocenters. The molecule has 0 spiro atoms. The Bertz CT molecular complexity index is 329. The molecule has 120 valence electrons. The number of unbranched alkanes of at least 4 members (excludes halogenated alkanes) is 8. The SMILES string of the molecule is CCCCCCC/C=C/C(=O)CCCCC/C=C/C(=O)O. The molecule has 0 radical (unpaired) electrons. The highest BCUT2D eigenvalue weighted by molar-refractivity contribution is 5.89. The van der Waals surface area contributed by atoms with E-state index in [9.17, 15) is 9.59 Å². The maximum atomic E-state index is 11.6. The highest BCUT2D eigenvalue weighted by Gasteiger charge is 1.96. The van der Waals surface area contributed by atoms with Crippen LogP contribution in [-0.4, -0.2) is 16.9 Å². The minimum Gasteiger partial charge on any atom is -0.478 e. The summed E-state index contributed by atoms with van der Waals surface area (Å²) in [6.07, 6.45) is 18.1. The van der Waals surface area contributed by atoms with Gasteiger partial charge in [0.05, 0.1) is 0 Å². The van der Waals surface area contributed by atoms with E-state index >= 15 is 0 Å². The second kappa shape index (κ2) is 15.0. The van der Waals surface area contributed by atoms with Gasteiger partial charge >= 0.3 is 5.97 Å². The van der Waals surface area contributed by atoms with Gasteiger partial charge < -0.3 is 5.11 Å². The standard InChI is InChI=1S/C18H30O3/c1-2-3-4-5-6-8-11-14-17(19)15-12-9-7-10-13-16-18(20)21/h11,13-14,16H,2-10,12,15H2,1H3,(H,20,21)/b14-11+,16-13+. The van der Waals surface area contributed by atoms with Crippen LogP contribution in [0.15, 0.2) is 24.3 Å². The van der Waals surface area contributed by atoms with Gasteiger partial charge in [-0.05, 0) is 38.2 Å². The number of hydrogen-bond donors (Lipinski definition) is 1. The lowest BCUT2D eigenvalue weighted by Crippen LogP contribution is -1.92. The monoisotopic (exact) mass is 294 g/mol. The van der Waals surface area contributed by atoms with Gasteiger partial charge in [0, 0.05) is 12.5 Å². The fourth-order valence-electron chi connectivity index (χ4n) is 2.09. The Morgan fingerprint density at radius 1 is 0.810 bits per heavy atom. The van der Waals surface area contributed by atoms with E-state index in [0.717, 1.165) is 32.1 Å². The second-order valence-corrected chi connectivity index (χ2v) is 5.41. The smallest absolute Gasteiger partial charge is 0.327 e. The van der Waals surface area contributed by atoms with Gasteiger partial charge in [0.15, 0.2) is 5.78 Å². The van der Waals surface area contributed by atoms with Gasteiger partial charge in [-0.2, -0.15) is 0 Å². The number of rotatable bonds is 14. The van der Waals surface area contributed by atoms with Gasteiger partial charge in [-0.15, -0.1) is 0 Å². The van der Waals surface area contributed by atoms with Crippen molar-refractivity contribution in [2.75, 3.05) is 0 Å². The molecule has 0 aliphatic carbocycles. The van der Waals surface area contributed by atoms with Crippen LogP contribution >= 0.6 is 0 Å². The van der Waals surface area contributed by atoms with E-state index in [1.54, 1.807) is 12.2 Å². The molecule has 0 aliphatic heterocycles. The quantitative estimate of drug-likeness (QED) is 0.360. The normalized spacial score (nSPS) is 11.5. The van der Waals surface area contributed by atoms with Gasteiger partial charge in [0.1, 0.15) is 0 Å². The zero-order chi connectivity index (χ0) is 15.8. The molecule has 0 fully saturated rings. The lowest BCUT2D eigenvalue weighted by Gasteiger charge is -1.97. The molecule has 0 saturated carbocycles. The largest absolute Gasteiger partial charge is 0.478 e. The molecule has 21 heavy (non-hydrogen) atoms. The number of carbonyl (C=O) groups excluding carboxylic acids is 1. The molecule has 0 saturated heterocycles. The van der Waals surface area contributed by atoms with Crippen LogP contribution in [-0.2, 0) is 9.59 Å². The Kier molecular flexibility index (Phi) is 14.0. The Labute approximate surface area is 129 Å². The predicted octanol–water partition coefficient (Wildman–Crippen LogP) is 5.06. The Morgan fingerprint density at radius 2 is 1.38 bits per heavy atom. The maximum absolute atomic E-state index is 11.6. The molecule has 3 nitrogen and oxygen atoms in total. The summed E-state index contributed by atoms with van der Waals surface area (Å²) in [6, 6.07) is 0. The first-order chi connectivity index (χ1) is 10.2. The molecule has 0 atom stereocenters. The number of carboxylic acid groups (broad SMARTS) is 1. The average molecular weight is 294 g/mol. The topological polar surface area (TPSA) is 54.4 Å². The summed E-state index contributed by atoms with van der Waals surface area (Å²) in [7, 11) is 0. The van der Waals surface area contributed by atoms with Crippen LogP contribution in [0.3, 0.4) is 0 Å². The van der Waals surface area contributed by atoms with E-state index in [0.29, 0.717) is 6.42 Å². The van der Waals surface area contributed by atoms with Crippen LogP contribution in [0, 0.1) is 0 Å². The van der Waals surface area contributed by atoms with Crippen molar-refractivity contribution in [1.82, 2.24) is 0 Å². The number of carbonyl (C=O) groups is 2. The number of allylic oxidation sites excluding steroid dienone is 3. The van der Waals surface area contributed by atoms with Crippen molar-refractivity contribution < 1.29 is 14.7 Å². The van der Waals surface area contributed by atoms with Crippen LogP contribution in [0.4, 0.5) is 0 Å². The van der Waals surface area contributed by atoms with Crippen molar-refractivity contribution in [2.45, 2.75) is 77.6 Å². The first-order valence-electron chi connectivity index (χ1n) is 8.25. The first kappa shape index (κ1) is 19.6. The maximum Gasteiger partial charge on any atom is 0.327 e. The summed E-state index contributed by atoms with van der Waals surface area (Å²) >= 11 is 0.